The van der Waals surface area contributed by atoms with Gasteiger partial charge in [0.1, 0.15) is 5.82 Å². The third-order valence-corrected chi connectivity index (χ3v) is 5.17. The van der Waals surface area contributed by atoms with Gasteiger partial charge in [-0.3, -0.25) is 4.79 Å². The van der Waals surface area contributed by atoms with Crippen molar-refractivity contribution < 1.29 is 19.4 Å². The summed E-state index contributed by atoms with van der Waals surface area (Å²) < 4.78 is 13.6. The fraction of sp³-hybridized carbons (Fsp3) is 0.350. The molecule has 0 radical (unpaired) electrons. The molecule has 0 fully saturated rings. The van der Waals surface area contributed by atoms with Gasteiger partial charge < -0.3 is 10.2 Å². The number of halogens is 1. The molecule has 25 heavy (non-hydrogen) atoms. The molecule has 0 saturated heterocycles. The monoisotopic (exact) mass is 362 g/mol. The number of aryl methyl sites for hydroxylation is 3. The number of carbonyl (C=O) groups is 1. The molecule has 2 aromatic rings. The van der Waals surface area contributed by atoms with E-state index in [9.17, 15) is 14.3 Å². The van der Waals surface area contributed by atoms with Crippen LogP contribution in [0.3, 0.4) is 0 Å². The summed E-state index contributed by atoms with van der Waals surface area (Å²) in [5.41, 5.74) is 6.02. The third-order valence-electron chi connectivity index (χ3n) is 4.05. The topological polar surface area (TPSA) is 57.5 Å². The van der Waals surface area contributed by atoms with Crippen LogP contribution >= 0.6 is 11.8 Å². The van der Waals surface area contributed by atoms with Gasteiger partial charge in [-0.25, -0.2) is 4.39 Å². The van der Waals surface area contributed by atoms with Crippen molar-refractivity contribution in [1.29, 1.82) is 0 Å². The highest BCUT2D eigenvalue weighted by atomic mass is 32.2. The second kappa shape index (κ2) is 8.50. The first-order valence-corrected chi connectivity index (χ1v) is 9.27. The van der Waals surface area contributed by atoms with Gasteiger partial charge in [-0.2, -0.15) is 11.8 Å². The van der Waals surface area contributed by atoms with Crippen molar-refractivity contribution in [3.8, 4) is 11.1 Å². The molecule has 0 aliphatic carbocycles. The van der Waals surface area contributed by atoms with E-state index >= 15 is 0 Å². The van der Waals surface area contributed by atoms with Crippen molar-refractivity contribution in [3.05, 3.63) is 58.4 Å². The first kappa shape index (κ1) is 19.5. The quantitative estimate of drug-likeness (QED) is 0.762. The zero-order valence-corrected chi connectivity index (χ0v) is 15.5. The molecular formula is C20H23FO3S. The van der Waals surface area contributed by atoms with E-state index in [4.69, 9.17) is 5.11 Å². The average Bonchev–Trinajstić information content (AvgIpc) is 2.51. The Balaban J connectivity index is 2.25. The summed E-state index contributed by atoms with van der Waals surface area (Å²) in [7, 11) is 0. The van der Waals surface area contributed by atoms with Crippen molar-refractivity contribution in [2.45, 2.75) is 39.0 Å². The van der Waals surface area contributed by atoms with Crippen LogP contribution < -0.4 is 0 Å². The number of hydrogen-bond acceptors (Lipinski definition) is 3. The number of aliphatic hydroxyl groups is 1. The minimum Gasteiger partial charge on any atom is -0.481 e. The van der Waals surface area contributed by atoms with Crippen LogP contribution in [0.2, 0.25) is 0 Å². The molecule has 0 heterocycles. The first-order valence-electron chi connectivity index (χ1n) is 8.12. The van der Waals surface area contributed by atoms with Crippen LogP contribution in [0.4, 0.5) is 4.39 Å². The second-order valence-electron chi connectivity index (χ2n) is 6.34. The van der Waals surface area contributed by atoms with E-state index in [1.54, 1.807) is 13.0 Å². The summed E-state index contributed by atoms with van der Waals surface area (Å²) in [6, 6.07) is 9.30. The summed E-state index contributed by atoms with van der Waals surface area (Å²) in [5.74, 6) is -0.196. The Labute approximate surface area is 151 Å². The minimum absolute atomic E-state index is 0.221. The molecule has 0 aliphatic rings. The summed E-state index contributed by atoms with van der Waals surface area (Å²) in [6.07, 6.45) is -1.10. The number of rotatable bonds is 7. The highest BCUT2D eigenvalue weighted by molar-refractivity contribution is 7.98. The smallest absolute Gasteiger partial charge is 0.306 e. The molecule has 0 bridgehead atoms. The number of aliphatic carboxylic acids is 1. The average molecular weight is 362 g/mol. The van der Waals surface area contributed by atoms with Crippen molar-refractivity contribution >= 4 is 17.7 Å². The molecule has 0 spiro atoms. The van der Waals surface area contributed by atoms with Gasteiger partial charge in [-0.1, -0.05) is 23.8 Å². The molecule has 134 valence electrons. The van der Waals surface area contributed by atoms with Gasteiger partial charge in [0.2, 0.25) is 0 Å². The summed E-state index contributed by atoms with van der Waals surface area (Å²) in [6.45, 7) is 5.81. The molecule has 0 aliphatic heterocycles. The van der Waals surface area contributed by atoms with E-state index in [1.165, 1.54) is 17.8 Å². The molecule has 2 rings (SSSR count). The van der Waals surface area contributed by atoms with Gasteiger partial charge in [-0.15, -0.1) is 0 Å². The molecular weight excluding hydrogens is 339 g/mol. The number of benzene rings is 2. The summed E-state index contributed by atoms with van der Waals surface area (Å²) in [5, 5.41) is 18.4. The maximum absolute atomic E-state index is 13.6. The zero-order chi connectivity index (χ0) is 18.6. The van der Waals surface area contributed by atoms with Crippen LogP contribution in [-0.4, -0.2) is 28.0 Å². The van der Waals surface area contributed by atoms with Crippen molar-refractivity contribution in [2.24, 2.45) is 0 Å². The van der Waals surface area contributed by atoms with Crippen LogP contribution in [0.25, 0.3) is 11.1 Å². The number of hydrogen-bond donors (Lipinski definition) is 2. The lowest BCUT2D eigenvalue weighted by atomic mass is 9.94. The third kappa shape index (κ3) is 5.31. The number of carboxylic acids is 1. The Morgan fingerprint density at radius 2 is 1.88 bits per heavy atom. The van der Waals surface area contributed by atoms with E-state index in [0.29, 0.717) is 17.1 Å². The van der Waals surface area contributed by atoms with E-state index in [1.807, 2.05) is 19.9 Å². The number of thioether (sulfide) groups is 1. The Bertz CT molecular complexity index is 774. The van der Waals surface area contributed by atoms with Crippen LogP contribution in [0, 0.1) is 26.6 Å². The van der Waals surface area contributed by atoms with Crippen molar-refractivity contribution in [2.75, 3.05) is 5.75 Å². The fourth-order valence-corrected chi connectivity index (χ4v) is 3.91. The maximum Gasteiger partial charge on any atom is 0.306 e. The standard InChI is InChI=1S/C20H23FO3S/c1-12-6-13(2)18(11-25-10-16(22)9-20(23)24)17(7-12)15-4-5-19(21)14(3)8-15/h4-8,16,22H,9-11H2,1-3H3,(H,23,24). The molecule has 1 unspecified atom stereocenters. The molecule has 2 N–H and O–H groups in total. The van der Waals surface area contributed by atoms with Crippen LogP contribution in [0.1, 0.15) is 28.7 Å². The lowest BCUT2D eigenvalue weighted by Crippen LogP contribution is -2.15. The first-order chi connectivity index (χ1) is 11.8. The molecule has 1 atom stereocenters. The lowest BCUT2D eigenvalue weighted by molar-refractivity contribution is -0.138. The molecule has 0 saturated carbocycles. The molecule has 3 nitrogen and oxygen atoms in total. The highest BCUT2D eigenvalue weighted by Crippen LogP contribution is 2.32. The van der Waals surface area contributed by atoms with Gasteiger partial charge in [0, 0.05) is 11.5 Å². The van der Waals surface area contributed by atoms with Crippen molar-refractivity contribution in [1.82, 2.24) is 0 Å². The van der Waals surface area contributed by atoms with Gasteiger partial charge in [0.05, 0.1) is 12.5 Å². The SMILES string of the molecule is Cc1cc(C)c(CSCC(O)CC(=O)O)c(-c2ccc(F)c(C)c2)c1. The Morgan fingerprint density at radius 1 is 1.16 bits per heavy atom. The zero-order valence-electron chi connectivity index (χ0n) is 14.7. The molecule has 0 amide bonds. The highest BCUT2D eigenvalue weighted by Gasteiger charge is 2.13. The molecule has 5 heteroatoms. The van der Waals surface area contributed by atoms with Crippen LogP contribution in [0.15, 0.2) is 30.3 Å². The van der Waals surface area contributed by atoms with Gasteiger partial charge in [0.25, 0.3) is 0 Å². The lowest BCUT2D eigenvalue weighted by Gasteiger charge is -2.16. The predicted molar refractivity (Wildman–Crippen MR) is 100 cm³/mol. The van der Waals surface area contributed by atoms with Gasteiger partial charge >= 0.3 is 5.97 Å². The Morgan fingerprint density at radius 3 is 2.52 bits per heavy atom. The van der Waals surface area contributed by atoms with Crippen molar-refractivity contribution in [3.63, 3.8) is 0 Å². The van der Waals surface area contributed by atoms with Crippen LogP contribution in [0.5, 0.6) is 0 Å². The minimum atomic E-state index is -0.998. The number of aliphatic hydroxyl groups excluding tert-OH is 1. The van der Waals surface area contributed by atoms with Gasteiger partial charge in [-0.05, 0) is 60.7 Å². The summed E-state index contributed by atoms with van der Waals surface area (Å²) in [4.78, 5) is 10.6. The Hall–Kier alpha value is -1.85. The van der Waals surface area contributed by atoms with Gasteiger partial charge in [0.15, 0.2) is 0 Å². The van der Waals surface area contributed by atoms with E-state index in [2.05, 4.69) is 12.1 Å². The number of carboxylic acid groups (broad SMARTS) is 1. The molecule has 0 aromatic heterocycles. The molecule has 2 aromatic carbocycles. The second-order valence-corrected chi connectivity index (χ2v) is 7.37. The summed E-state index contributed by atoms with van der Waals surface area (Å²) >= 11 is 1.51. The maximum atomic E-state index is 13.6. The van der Waals surface area contributed by atoms with E-state index < -0.39 is 12.1 Å². The van der Waals surface area contributed by atoms with Crippen LogP contribution in [-0.2, 0) is 10.5 Å². The predicted octanol–water partition coefficient (Wildman–Crippen LogP) is 4.49. The largest absolute Gasteiger partial charge is 0.481 e. The normalized spacial score (nSPS) is 12.2. The van der Waals surface area contributed by atoms with E-state index in [-0.39, 0.29) is 12.2 Å². The fourth-order valence-electron chi connectivity index (χ4n) is 2.82. The van der Waals surface area contributed by atoms with E-state index in [0.717, 1.165) is 27.8 Å². The Kier molecular flexibility index (Phi) is 6.62.